The number of rotatable bonds is 2. The van der Waals surface area contributed by atoms with Gasteiger partial charge in [-0.05, 0) is 12.6 Å². The second-order valence-corrected chi connectivity index (χ2v) is 2.00. The third-order valence-electron chi connectivity index (χ3n) is 1.14. The summed E-state index contributed by atoms with van der Waals surface area (Å²) < 4.78 is 0. The van der Waals surface area contributed by atoms with Crippen molar-refractivity contribution in [3.8, 4) is 0 Å². The Morgan fingerprint density at radius 1 is 1.50 bits per heavy atom. The van der Waals surface area contributed by atoms with Crippen LogP contribution in [-0.4, -0.2) is 17.5 Å². The Morgan fingerprint density at radius 3 is 1.88 bits per heavy atom. The maximum Gasteiger partial charge on any atom is 3.00 e. The Bertz CT molecular complexity index is 45.8. The first-order chi connectivity index (χ1) is 3.18. The van der Waals surface area contributed by atoms with Crippen molar-refractivity contribution in [3.63, 3.8) is 0 Å². The van der Waals surface area contributed by atoms with Gasteiger partial charge in [-0.2, -0.15) is 0 Å². The summed E-state index contributed by atoms with van der Waals surface area (Å²) >= 11 is 0. The molecule has 0 aromatic rings. The molecule has 0 aliphatic rings. The monoisotopic (exact) mass is 189 g/mol. The molecule has 0 spiro atoms. The molecule has 0 unspecified atom stereocenters. The van der Waals surface area contributed by atoms with Crippen LogP contribution in [0.25, 0.3) is 0 Å². The summed E-state index contributed by atoms with van der Waals surface area (Å²) in [5.41, 5.74) is 0. The zero-order chi connectivity index (χ0) is 5.86. The molecular formula is C6H14NY+2. The van der Waals surface area contributed by atoms with Crippen LogP contribution in [0.5, 0.6) is 0 Å². The van der Waals surface area contributed by atoms with Crippen molar-refractivity contribution in [2.75, 3.05) is 6.54 Å². The van der Waals surface area contributed by atoms with Gasteiger partial charge in [0.15, 0.2) is 0 Å². The molecular weight excluding hydrogens is 175 g/mol. The predicted molar refractivity (Wildman–Crippen MR) is 32.9 cm³/mol. The maximum absolute atomic E-state index is 3.79. The van der Waals surface area contributed by atoms with E-state index in [-0.39, 0.29) is 32.7 Å². The van der Waals surface area contributed by atoms with Crippen molar-refractivity contribution >= 4 is 0 Å². The molecule has 44 valence electrons. The quantitative estimate of drug-likeness (QED) is 0.595. The van der Waals surface area contributed by atoms with Gasteiger partial charge in [0.2, 0.25) is 0 Å². The zero-order valence-electron chi connectivity index (χ0n) is 6.02. The van der Waals surface area contributed by atoms with Crippen LogP contribution in [0.3, 0.4) is 0 Å². The van der Waals surface area contributed by atoms with Crippen LogP contribution in [0.4, 0.5) is 0 Å². The van der Waals surface area contributed by atoms with E-state index in [1.165, 1.54) is 0 Å². The molecule has 2 heteroatoms. The number of hydrogen-bond donors (Lipinski definition) is 0. The van der Waals surface area contributed by atoms with Gasteiger partial charge in [-0.1, -0.05) is 20.8 Å². The first kappa shape index (κ1) is 11.8. The van der Waals surface area contributed by atoms with Crippen molar-refractivity contribution < 1.29 is 32.7 Å². The molecule has 0 aliphatic carbocycles. The summed E-state index contributed by atoms with van der Waals surface area (Å²) in [4.78, 5) is 2.04. The van der Waals surface area contributed by atoms with Crippen LogP contribution in [0, 0.1) is 7.05 Å². The van der Waals surface area contributed by atoms with Crippen molar-refractivity contribution in [1.29, 1.82) is 0 Å². The standard InChI is InChI=1S/C6H14N.Y/c1-5-7(4)6(2)3;/h6H,4-5H2,1-3H3;/q-1;+3. The second-order valence-electron chi connectivity index (χ2n) is 2.00. The smallest absolute Gasteiger partial charge is 0.457 e. The fourth-order valence-electron chi connectivity index (χ4n) is 0.365. The normalized spacial score (nSPS) is 9.75. The van der Waals surface area contributed by atoms with E-state index in [0.29, 0.717) is 6.04 Å². The first-order valence-electron chi connectivity index (χ1n) is 2.75. The minimum Gasteiger partial charge on any atom is -0.457 e. The molecule has 0 radical (unpaired) electrons. The Hall–Kier alpha value is 1.06. The summed E-state index contributed by atoms with van der Waals surface area (Å²) in [6.07, 6.45) is 0. The van der Waals surface area contributed by atoms with E-state index in [2.05, 4.69) is 27.8 Å². The van der Waals surface area contributed by atoms with Crippen LogP contribution in [0.1, 0.15) is 20.8 Å². The Morgan fingerprint density at radius 2 is 1.88 bits per heavy atom. The van der Waals surface area contributed by atoms with Gasteiger partial charge in [0.05, 0.1) is 0 Å². The average molecular weight is 189 g/mol. The van der Waals surface area contributed by atoms with Crippen molar-refractivity contribution in [1.82, 2.24) is 4.90 Å². The molecule has 0 atom stereocenters. The molecule has 0 saturated heterocycles. The molecule has 0 aromatic heterocycles. The van der Waals surface area contributed by atoms with E-state index in [9.17, 15) is 0 Å². The van der Waals surface area contributed by atoms with Gasteiger partial charge in [-0.3, -0.25) is 7.05 Å². The van der Waals surface area contributed by atoms with E-state index in [1.54, 1.807) is 0 Å². The van der Waals surface area contributed by atoms with Crippen molar-refractivity contribution in [3.05, 3.63) is 7.05 Å². The van der Waals surface area contributed by atoms with Crippen LogP contribution in [-0.2, 0) is 32.7 Å². The Kier molecular flexibility index (Phi) is 9.14. The van der Waals surface area contributed by atoms with Crippen LogP contribution in [0.15, 0.2) is 0 Å². The summed E-state index contributed by atoms with van der Waals surface area (Å²) in [7, 11) is 3.79. The van der Waals surface area contributed by atoms with E-state index in [1.807, 2.05) is 4.90 Å². The van der Waals surface area contributed by atoms with E-state index < -0.39 is 0 Å². The van der Waals surface area contributed by atoms with Gasteiger partial charge >= 0.3 is 32.7 Å². The van der Waals surface area contributed by atoms with Crippen LogP contribution >= 0.6 is 0 Å². The summed E-state index contributed by atoms with van der Waals surface area (Å²) in [6, 6.07) is 0.588. The number of nitrogens with zero attached hydrogens (tertiary/aromatic N) is 1. The van der Waals surface area contributed by atoms with Gasteiger partial charge in [0.25, 0.3) is 0 Å². The SMILES string of the molecule is [CH2-]N(CC)C(C)C.[Y+3]. The van der Waals surface area contributed by atoms with Gasteiger partial charge < -0.3 is 4.90 Å². The number of hydrogen-bond acceptors (Lipinski definition) is 1. The van der Waals surface area contributed by atoms with Gasteiger partial charge in [-0.25, -0.2) is 0 Å². The van der Waals surface area contributed by atoms with Gasteiger partial charge in [0.1, 0.15) is 0 Å². The molecule has 8 heavy (non-hydrogen) atoms. The third-order valence-corrected chi connectivity index (χ3v) is 1.14. The van der Waals surface area contributed by atoms with Gasteiger partial charge in [-0.15, -0.1) is 0 Å². The van der Waals surface area contributed by atoms with E-state index >= 15 is 0 Å². The Labute approximate surface area is 77.7 Å². The minimum atomic E-state index is 0. The fraction of sp³-hybridized carbons (Fsp3) is 0.833. The molecule has 0 amide bonds. The summed E-state index contributed by atoms with van der Waals surface area (Å²) in [5, 5.41) is 0. The molecule has 0 bridgehead atoms. The van der Waals surface area contributed by atoms with Crippen molar-refractivity contribution in [2.45, 2.75) is 26.8 Å². The summed E-state index contributed by atoms with van der Waals surface area (Å²) in [6.45, 7) is 7.41. The molecule has 1 nitrogen and oxygen atoms in total. The predicted octanol–water partition coefficient (Wildman–Crippen LogP) is 1.51. The van der Waals surface area contributed by atoms with E-state index in [4.69, 9.17) is 0 Å². The minimum absolute atomic E-state index is 0. The molecule has 0 aliphatic heterocycles. The topological polar surface area (TPSA) is 3.24 Å². The molecule has 0 N–H and O–H groups in total. The third kappa shape index (κ3) is 5.21. The van der Waals surface area contributed by atoms with E-state index in [0.717, 1.165) is 6.54 Å². The van der Waals surface area contributed by atoms with Gasteiger partial charge in [0, 0.05) is 0 Å². The zero-order valence-corrected chi connectivity index (χ0v) is 8.85. The molecule has 0 heterocycles. The molecule has 0 rings (SSSR count). The molecule has 0 saturated carbocycles. The first-order valence-corrected chi connectivity index (χ1v) is 2.75. The maximum atomic E-state index is 3.79. The van der Waals surface area contributed by atoms with Crippen LogP contribution < -0.4 is 0 Å². The molecule has 0 fully saturated rings. The fourth-order valence-corrected chi connectivity index (χ4v) is 0.365. The largest absolute Gasteiger partial charge is 3.00 e. The second kappa shape index (κ2) is 6.19. The average Bonchev–Trinajstić information content (AvgIpc) is 1.65. The van der Waals surface area contributed by atoms with Crippen LogP contribution in [0.2, 0.25) is 0 Å². The Balaban J connectivity index is 0. The molecule has 0 aromatic carbocycles. The summed E-state index contributed by atoms with van der Waals surface area (Å²) in [5.74, 6) is 0. The van der Waals surface area contributed by atoms with Crippen molar-refractivity contribution in [2.24, 2.45) is 0 Å².